The highest BCUT2D eigenvalue weighted by atomic mass is 35.5. The van der Waals surface area contributed by atoms with Crippen LogP contribution in [0.3, 0.4) is 0 Å². The third-order valence-corrected chi connectivity index (χ3v) is 7.33. The van der Waals surface area contributed by atoms with Gasteiger partial charge in [-0.05, 0) is 43.3 Å². The average molecular weight is 545 g/mol. The zero-order chi connectivity index (χ0) is 26.0. The van der Waals surface area contributed by atoms with Crippen molar-refractivity contribution in [1.82, 2.24) is 14.5 Å². The summed E-state index contributed by atoms with van der Waals surface area (Å²) in [7, 11) is 0. The number of ether oxygens (including phenoxy) is 3. The van der Waals surface area contributed by atoms with E-state index in [-0.39, 0.29) is 5.91 Å². The van der Waals surface area contributed by atoms with Gasteiger partial charge in [0, 0.05) is 61.8 Å². The molecule has 0 aliphatic carbocycles. The summed E-state index contributed by atoms with van der Waals surface area (Å²) in [5.74, 6) is -0.248. The summed E-state index contributed by atoms with van der Waals surface area (Å²) in [5, 5.41) is 1.01. The summed E-state index contributed by atoms with van der Waals surface area (Å²) in [6, 6.07) is 13.3. The molecule has 1 amide bonds. The molecule has 0 radical (unpaired) electrons. The number of imidazole rings is 1. The fourth-order valence-electron chi connectivity index (χ4n) is 4.78. The number of nitrogens with zero attached hydrogens (tertiary/aromatic N) is 4. The summed E-state index contributed by atoms with van der Waals surface area (Å²) >= 11 is 12.7. The molecular formula is C27H30Cl2N4O4. The van der Waals surface area contributed by atoms with E-state index in [1.807, 2.05) is 52.9 Å². The Bertz CT molecular complexity index is 1230. The molecule has 3 aromatic rings. The van der Waals surface area contributed by atoms with Crippen molar-refractivity contribution >= 4 is 34.8 Å². The molecule has 2 unspecified atom stereocenters. The summed E-state index contributed by atoms with van der Waals surface area (Å²) in [5.41, 5.74) is 1.09. The van der Waals surface area contributed by atoms with Gasteiger partial charge < -0.3 is 28.6 Å². The van der Waals surface area contributed by atoms with E-state index in [0.717, 1.165) is 37.6 Å². The lowest BCUT2D eigenvalue weighted by Crippen LogP contribution is -2.48. The molecule has 1 aromatic heterocycles. The Labute approximate surface area is 226 Å². The first-order chi connectivity index (χ1) is 17.8. The second-order valence-electron chi connectivity index (χ2n) is 9.73. The van der Waals surface area contributed by atoms with Crippen LogP contribution in [0.25, 0.3) is 0 Å². The quantitative estimate of drug-likeness (QED) is 0.433. The molecule has 0 saturated carbocycles. The van der Waals surface area contributed by atoms with E-state index in [0.29, 0.717) is 35.4 Å². The lowest BCUT2D eigenvalue weighted by atomic mass is 10.0. The number of piperazine rings is 1. The summed E-state index contributed by atoms with van der Waals surface area (Å²) in [6.45, 7) is 7.67. The third-order valence-electron chi connectivity index (χ3n) is 6.78. The second kappa shape index (κ2) is 10.5. The number of benzene rings is 2. The normalized spacial score (nSPS) is 23.9. The van der Waals surface area contributed by atoms with E-state index in [1.165, 1.54) is 0 Å². The summed E-state index contributed by atoms with van der Waals surface area (Å²) < 4.78 is 21.0. The van der Waals surface area contributed by atoms with Crippen molar-refractivity contribution in [2.45, 2.75) is 31.8 Å². The van der Waals surface area contributed by atoms with Crippen LogP contribution in [0, 0.1) is 0 Å². The topological polar surface area (TPSA) is 69.1 Å². The van der Waals surface area contributed by atoms with E-state index >= 15 is 0 Å². The number of anilines is 1. The number of carbonyl (C=O) groups is 1. The maximum Gasteiger partial charge on any atom is 0.219 e. The van der Waals surface area contributed by atoms with Crippen LogP contribution in [-0.2, 0) is 26.6 Å². The Hall–Kier alpha value is -2.78. The Morgan fingerprint density at radius 3 is 2.51 bits per heavy atom. The predicted molar refractivity (Wildman–Crippen MR) is 142 cm³/mol. The Balaban J connectivity index is 1.26. The molecular weight excluding hydrogens is 515 g/mol. The fourth-order valence-corrected chi connectivity index (χ4v) is 5.33. The highest BCUT2D eigenvalue weighted by Gasteiger charge is 2.51. The Morgan fingerprint density at radius 2 is 1.86 bits per heavy atom. The van der Waals surface area contributed by atoms with Gasteiger partial charge in [0.15, 0.2) is 0 Å². The van der Waals surface area contributed by atoms with Gasteiger partial charge in [-0.1, -0.05) is 29.3 Å². The van der Waals surface area contributed by atoms with Gasteiger partial charge in [0.05, 0.1) is 24.5 Å². The van der Waals surface area contributed by atoms with Crippen molar-refractivity contribution in [3.63, 3.8) is 0 Å². The standard InChI is InChI=1S/C27H30Cl2N4O4/c1-20(34)32-11-13-33(14-12-32)22-4-6-23(7-5-22)35-17-26(2)18-36-27(37-26,16-31-10-9-30-19-31)24-8-3-21(28)15-25(24)29/h3-10,15,19H,11-14,16-18H2,1-2H3. The molecule has 8 nitrogen and oxygen atoms in total. The van der Waals surface area contributed by atoms with Crippen LogP contribution < -0.4 is 9.64 Å². The van der Waals surface area contributed by atoms with Gasteiger partial charge >= 0.3 is 0 Å². The molecule has 2 aromatic carbocycles. The third kappa shape index (κ3) is 5.72. The maximum atomic E-state index is 11.6. The van der Waals surface area contributed by atoms with Gasteiger partial charge in [-0.25, -0.2) is 4.98 Å². The maximum absolute atomic E-state index is 11.6. The first-order valence-electron chi connectivity index (χ1n) is 12.2. The molecule has 2 saturated heterocycles. The zero-order valence-corrected chi connectivity index (χ0v) is 22.4. The van der Waals surface area contributed by atoms with Gasteiger partial charge in [0.2, 0.25) is 11.7 Å². The molecule has 10 heteroatoms. The second-order valence-corrected chi connectivity index (χ2v) is 10.6. The van der Waals surface area contributed by atoms with Gasteiger partial charge in [-0.3, -0.25) is 4.79 Å². The lowest BCUT2D eigenvalue weighted by molar-refractivity contribution is -0.206. The van der Waals surface area contributed by atoms with Gasteiger partial charge in [-0.15, -0.1) is 0 Å². The minimum Gasteiger partial charge on any atom is -0.490 e. The molecule has 5 rings (SSSR count). The number of carbonyl (C=O) groups excluding carboxylic acids is 1. The van der Waals surface area contributed by atoms with Crippen LogP contribution in [0.15, 0.2) is 61.2 Å². The van der Waals surface area contributed by atoms with Crippen molar-refractivity contribution in [2.75, 3.05) is 44.3 Å². The van der Waals surface area contributed by atoms with Crippen molar-refractivity contribution < 1.29 is 19.0 Å². The highest BCUT2D eigenvalue weighted by Crippen LogP contribution is 2.44. The molecule has 2 aliphatic heterocycles. The molecule has 0 bridgehead atoms. The van der Waals surface area contributed by atoms with Gasteiger partial charge in [0.25, 0.3) is 0 Å². The van der Waals surface area contributed by atoms with E-state index in [1.54, 1.807) is 31.6 Å². The van der Waals surface area contributed by atoms with E-state index < -0.39 is 11.4 Å². The van der Waals surface area contributed by atoms with Crippen molar-refractivity contribution in [3.05, 3.63) is 76.8 Å². The number of hydrogen-bond donors (Lipinski definition) is 0. The largest absolute Gasteiger partial charge is 0.490 e. The number of halogens is 2. The predicted octanol–water partition coefficient (Wildman–Crippen LogP) is 4.60. The Kier molecular flexibility index (Phi) is 7.36. The molecule has 37 heavy (non-hydrogen) atoms. The first-order valence-corrected chi connectivity index (χ1v) is 13.0. The number of aromatic nitrogens is 2. The van der Waals surface area contributed by atoms with E-state index in [4.69, 9.17) is 37.4 Å². The van der Waals surface area contributed by atoms with Crippen LogP contribution in [0.2, 0.25) is 10.0 Å². The monoisotopic (exact) mass is 544 g/mol. The molecule has 3 heterocycles. The smallest absolute Gasteiger partial charge is 0.219 e. The fraction of sp³-hybridized carbons (Fsp3) is 0.407. The average Bonchev–Trinajstić information content (AvgIpc) is 3.51. The SMILES string of the molecule is CC(=O)N1CCN(c2ccc(OCC3(C)COC(Cn4ccnc4)(c4ccc(Cl)cc4Cl)O3)cc2)CC1. The minimum atomic E-state index is -1.12. The Morgan fingerprint density at radius 1 is 1.11 bits per heavy atom. The summed E-state index contributed by atoms with van der Waals surface area (Å²) in [6.07, 6.45) is 5.28. The zero-order valence-electron chi connectivity index (χ0n) is 20.9. The van der Waals surface area contributed by atoms with Crippen LogP contribution >= 0.6 is 23.2 Å². The summed E-state index contributed by atoms with van der Waals surface area (Å²) in [4.78, 5) is 19.9. The van der Waals surface area contributed by atoms with E-state index in [2.05, 4.69) is 9.88 Å². The first kappa shape index (κ1) is 25.9. The van der Waals surface area contributed by atoms with E-state index in [9.17, 15) is 4.79 Å². The molecule has 0 spiro atoms. The van der Waals surface area contributed by atoms with Crippen LogP contribution in [0.4, 0.5) is 5.69 Å². The highest BCUT2D eigenvalue weighted by molar-refractivity contribution is 6.35. The van der Waals surface area contributed by atoms with Crippen molar-refractivity contribution in [2.24, 2.45) is 0 Å². The lowest BCUT2D eigenvalue weighted by Gasteiger charge is -2.35. The molecule has 2 atom stereocenters. The van der Waals surface area contributed by atoms with Crippen LogP contribution in [0.1, 0.15) is 19.4 Å². The number of amides is 1. The molecule has 196 valence electrons. The minimum absolute atomic E-state index is 0.127. The van der Waals surface area contributed by atoms with Gasteiger partial charge in [-0.2, -0.15) is 0 Å². The number of rotatable bonds is 7. The number of hydrogen-bond acceptors (Lipinski definition) is 6. The van der Waals surface area contributed by atoms with Crippen molar-refractivity contribution in [3.8, 4) is 5.75 Å². The van der Waals surface area contributed by atoms with Gasteiger partial charge in [0.1, 0.15) is 18.0 Å². The van der Waals surface area contributed by atoms with Crippen LogP contribution in [0.5, 0.6) is 5.75 Å². The van der Waals surface area contributed by atoms with Crippen molar-refractivity contribution in [1.29, 1.82) is 0 Å². The molecule has 2 fully saturated rings. The molecule has 0 N–H and O–H groups in total. The molecule has 2 aliphatic rings. The van der Waals surface area contributed by atoms with Crippen LogP contribution in [-0.4, -0.2) is 65.4 Å².